The standard InChI is InChI=1S/C16H18N2OS2/c1-19-14-8-6-13(7-9-14)18(11-15-3-2-10-21-15)16(20)17-12-4-5-12/h2-3,6-10,12H,4-5,11H2,1H3,(H,17,20). The summed E-state index contributed by atoms with van der Waals surface area (Å²) >= 11 is 7.35. The first kappa shape index (κ1) is 14.4. The predicted octanol–water partition coefficient (Wildman–Crippen LogP) is 3.80. The third-order valence-corrected chi connectivity index (χ3v) is 4.63. The lowest BCUT2D eigenvalue weighted by molar-refractivity contribution is 0.415. The van der Waals surface area contributed by atoms with Crippen molar-refractivity contribution in [3.05, 3.63) is 46.7 Å². The maximum atomic E-state index is 5.60. The van der Waals surface area contributed by atoms with Crippen LogP contribution in [-0.2, 0) is 6.54 Å². The van der Waals surface area contributed by atoms with Crippen LogP contribution in [0.5, 0.6) is 5.75 Å². The molecule has 1 aromatic heterocycles. The Hall–Kier alpha value is -1.59. The highest BCUT2D eigenvalue weighted by Crippen LogP contribution is 2.25. The molecular formula is C16H18N2OS2. The van der Waals surface area contributed by atoms with Gasteiger partial charge in [-0.05, 0) is 60.8 Å². The van der Waals surface area contributed by atoms with Crippen molar-refractivity contribution in [1.29, 1.82) is 0 Å². The van der Waals surface area contributed by atoms with E-state index in [4.69, 9.17) is 17.0 Å². The minimum atomic E-state index is 0.557. The molecule has 0 unspecified atom stereocenters. The number of ether oxygens (including phenoxy) is 1. The van der Waals surface area contributed by atoms with Crippen molar-refractivity contribution >= 4 is 34.4 Å². The van der Waals surface area contributed by atoms with E-state index >= 15 is 0 Å². The van der Waals surface area contributed by atoms with E-state index in [1.807, 2.05) is 24.3 Å². The number of hydrogen-bond donors (Lipinski definition) is 1. The van der Waals surface area contributed by atoms with Gasteiger partial charge in [0.1, 0.15) is 5.75 Å². The van der Waals surface area contributed by atoms with Crippen LogP contribution < -0.4 is 15.0 Å². The number of thiocarbonyl (C=S) groups is 1. The molecule has 1 aliphatic rings. The van der Waals surface area contributed by atoms with E-state index in [1.165, 1.54) is 17.7 Å². The van der Waals surface area contributed by atoms with E-state index in [1.54, 1.807) is 18.4 Å². The zero-order valence-electron chi connectivity index (χ0n) is 11.9. The van der Waals surface area contributed by atoms with Crippen LogP contribution in [0.25, 0.3) is 0 Å². The molecule has 2 aromatic rings. The molecule has 1 heterocycles. The Labute approximate surface area is 134 Å². The van der Waals surface area contributed by atoms with Gasteiger partial charge < -0.3 is 15.0 Å². The Morgan fingerprint density at radius 3 is 2.67 bits per heavy atom. The van der Waals surface area contributed by atoms with E-state index < -0.39 is 0 Å². The zero-order chi connectivity index (χ0) is 14.7. The molecule has 0 atom stereocenters. The van der Waals surface area contributed by atoms with Crippen LogP contribution in [0.2, 0.25) is 0 Å². The molecule has 3 rings (SSSR count). The maximum Gasteiger partial charge on any atom is 0.174 e. The predicted molar refractivity (Wildman–Crippen MR) is 92.3 cm³/mol. The highest BCUT2D eigenvalue weighted by molar-refractivity contribution is 7.80. The van der Waals surface area contributed by atoms with Crippen molar-refractivity contribution in [3.63, 3.8) is 0 Å². The minimum absolute atomic E-state index is 0.557. The second-order valence-corrected chi connectivity index (χ2v) is 6.51. The monoisotopic (exact) mass is 318 g/mol. The number of methoxy groups -OCH3 is 1. The fourth-order valence-corrected chi connectivity index (χ4v) is 3.11. The molecule has 1 N–H and O–H groups in total. The first-order valence-electron chi connectivity index (χ1n) is 7.01. The lowest BCUT2D eigenvalue weighted by Crippen LogP contribution is -2.40. The third kappa shape index (κ3) is 3.74. The molecule has 1 aromatic carbocycles. The van der Waals surface area contributed by atoms with Gasteiger partial charge in [0.2, 0.25) is 0 Å². The number of rotatable bonds is 5. The molecule has 5 heteroatoms. The summed E-state index contributed by atoms with van der Waals surface area (Å²) < 4.78 is 5.22. The molecule has 0 radical (unpaired) electrons. The SMILES string of the molecule is COc1ccc(N(Cc2cccs2)C(=S)NC2CC2)cc1. The smallest absolute Gasteiger partial charge is 0.174 e. The second-order valence-electron chi connectivity index (χ2n) is 5.09. The molecule has 0 amide bonds. The molecule has 110 valence electrons. The van der Waals surface area contributed by atoms with Crippen molar-refractivity contribution in [2.45, 2.75) is 25.4 Å². The van der Waals surface area contributed by atoms with Gasteiger partial charge in [-0.15, -0.1) is 11.3 Å². The molecule has 21 heavy (non-hydrogen) atoms. The van der Waals surface area contributed by atoms with Crippen LogP contribution in [0.3, 0.4) is 0 Å². The number of nitrogens with one attached hydrogen (secondary N) is 1. The maximum absolute atomic E-state index is 5.60. The summed E-state index contributed by atoms with van der Waals surface area (Å²) in [4.78, 5) is 3.45. The van der Waals surface area contributed by atoms with Gasteiger partial charge in [0.25, 0.3) is 0 Å². The lowest BCUT2D eigenvalue weighted by atomic mass is 10.2. The fourth-order valence-electron chi connectivity index (χ4n) is 2.08. The molecular weight excluding hydrogens is 300 g/mol. The van der Waals surface area contributed by atoms with Crippen LogP contribution in [0, 0.1) is 0 Å². The number of anilines is 1. The van der Waals surface area contributed by atoms with Crippen molar-refractivity contribution in [3.8, 4) is 5.75 Å². The summed E-state index contributed by atoms with van der Waals surface area (Å²) in [7, 11) is 1.68. The highest BCUT2D eigenvalue weighted by Gasteiger charge is 2.24. The normalized spacial score (nSPS) is 13.8. The van der Waals surface area contributed by atoms with Gasteiger partial charge in [0, 0.05) is 16.6 Å². The molecule has 1 saturated carbocycles. The van der Waals surface area contributed by atoms with Gasteiger partial charge in [-0.2, -0.15) is 0 Å². The number of benzene rings is 1. The molecule has 0 aliphatic heterocycles. The largest absolute Gasteiger partial charge is 0.497 e. The highest BCUT2D eigenvalue weighted by atomic mass is 32.1. The Balaban J connectivity index is 1.80. The van der Waals surface area contributed by atoms with Gasteiger partial charge in [0.15, 0.2) is 5.11 Å². The Morgan fingerprint density at radius 2 is 2.10 bits per heavy atom. The summed E-state index contributed by atoms with van der Waals surface area (Å²) in [6.07, 6.45) is 2.44. The van der Waals surface area contributed by atoms with E-state index in [9.17, 15) is 0 Å². The van der Waals surface area contributed by atoms with Gasteiger partial charge in [-0.3, -0.25) is 0 Å². The average Bonchev–Trinajstić information content (AvgIpc) is 3.17. The van der Waals surface area contributed by atoms with Gasteiger partial charge in [-0.1, -0.05) is 6.07 Å². The van der Waals surface area contributed by atoms with E-state index in [2.05, 4.69) is 27.7 Å². The van der Waals surface area contributed by atoms with Crippen LogP contribution in [0.4, 0.5) is 5.69 Å². The van der Waals surface area contributed by atoms with Gasteiger partial charge in [-0.25, -0.2) is 0 Å². The van der Waals surface area contributed by atoms with Crippen LogP contribution in [-0.4, -0.2) is 18.3 Å². The van der Waals surface area contributed by atoms with E-state index in [0.29, 0.717) is 6.04 Å². The summed E-state index contributed by atoms with van der Waals surface area (Å²) in [6.45, 7) is 0.794. The number of hydrogen-bond acceptors (Lipinski definition) is 3. The van der Waals surface area contributed by atoms with Crippen molar-refractivity contribution in [2.24, 2.45) is 0 Å². The minimum Gasteiger partial charge on any atom is -0.497 e. The van der Waals surface area contributed by atoms with E-state index in [0.717, 1.165) is 23.1 Å². The van der Waals surface area contributed by atoms with Crippen molar-refractivity contribution in [2.75, 3.05) is 12.0 Å². The first-order valence-corrected chi connectivity index (χ1v) is 8.29. The topological polar surface area (TPSA) is 24.5 Å². The third-order valence-electron chi connectivity index (χ3n) is 3.43. The molecule has 1 aliphatic carbocycles. The number of thiophene rings is 1. The van der Waals surface area contributed by atoms with Crippen molar-refractivity contribution < 1.29 is 4.74 Å². The molecule has 0 saturated heterocycles. The summed E-state index contributed by atoms with van der Waals surface area (Å²) in [5.41, 5.74) is 1.09. The number of nitrogens with zero attached hydrogens (tertiary/aromatic N) is 1. The fraction of sp³-hybridized carbons (Fsp3) is 0.312. The molecule has 1 fully saturated rings. The van der Waals surface area contributed by atoms with E-state index in [-0.39, 0.29) is 0 Å². The molecule has 0 spiro atoms. The van der Waals surface area contributed by atoms with Gasteiger partial charge in [0.05, 0.1) is 13.7 Å². The quantitative estimate of drug-likeness (QED) is 0.848. The Bertz CT molecular complexity index is 591. The second kappa shape index (κ2) is 6.45. The van der Waals surface area contributed by atoms with Gasteiger partial charge >= 0.3 is 0 Å². The Morgan fingerprint density at radius 1 is 1.33 bits per heavy atom. The first-order chi connectivity index (χ1) is 10.3. The van der Waals surface area contributed by atoms with Crippen LogP contribution >= 0.6 is 23.6 Å². The summed E-state index contributed by atoms with van der Waals surface area (Å²) in [5.74, 6) is 0.857. The molecule has 0 bridgehead atoms. The summed E-state index contributed by atoms with van der Waals surface area (Å²) in [5, 5.41) is 6.32. The Kier molecular flexibility index (Phi) is 4.41. The molecule has 3 nitrogen and oxygen atoms in total. The van der Waals surface area contributed by atoms with Crippen LogP contribution in [0.1, 0.15) is 17.7 Å². The average molecular weight is 318 g/mol. The van der Waals surface area contributed by atoms with Crippen LogP contribution in [0.15, 0.2) is 41.8 Å². The van der Waals surface area contributed by atoms with Crippen molar-refractivity contribution in [1.82, 2.24) is 5.32 Å². The zero-order valence-corrected chi connectivity index (χ0v) is 13.5. The summed E-state index contributed by atoms with van der Waals surface area (Å²) in [6, 6.07) is 12.8. The lowest BCUT2D eigenvalue weighted by Gasteiger charge is -2.25.